The van der Waals surface area contributed by atoms with Crippen molar-refractivity contribution in [1.82, 2.24) is 19.4 Å². The molecule has 4 aromatic rings. The zero-order valence-electron chi connectivity index (χ0n) is 31.7. The first-order valence-electron chi connectivity index (χ1n) is 18.2. The predicted molar refractivity (Wildman–Crippen MR) is 203 cm³/mol. The molecule has 3 aromatic carbocycles. The van der Waals surface area contributed by atoms with Crippen LogP contribution in [0.2, 0.25) is 0 Å². The summed E-state index contributed by atoms with van der Waals surface area (Å²) in [5, 5.41) is 12.6. The van der Waals surface area contributed by atoms with E-state index in [0.29, 0.717) is 24.0 Å². The number of nitriles is 1. The standard InChI is InChI=1S/C42H48F2N6O4/c1-27(2)21-33(23-45)39(52)48-20-10-13-34(48)25-50-36-19-14-30(22-35(36)46-40(50)47-38(51)32-17-15-31(16-18-32)37(43)44)24-49(28(3)42(4,5)6)41(53)54-26-29-11-8-7-9-12-29/h7-9,11-12,14-19,21-22,27-28,34,37H,10,13,20,24-26H2,1-6H3,(H,46,47,51)/t28-,34?/m0/s1. The molecular weight excluding hydrogens is 690 g/mol. The minimum absolute atomic E-state index is 0.0149. The van der Waals surface area contributed by atoms with Crippen LogP contribution in [0.25, 0.3) is 11.0 Å². The third kappa shape index (κ3) is 9.50. The molecule has 12 heteroatoms. The number of amides is 3. The summed E-state index contributed by atoms with van der Waals surface area (Å²) in [6, 6.07) is 21.8. The van der Waals surface area contributed by atoms with Crippen LogP contribution in [-0.4, -0.2) is 55.9 Å². The van der Waals surface area contributed by atoms with Gasteiger partial charge in [-0.3, -0.25) is 14.9 Å². The average Bonchev–Trinajstić information content (AvgIpc) is 3.75. The van der Waals surface area contributed by atoms with Gasteiger partial charge in [0.2, 0.25) is 5.95 Å². The summed E-state index contributed by atoms with van der Waals surface area (Å²) in [6.07, 6.45) is -0.0298. The van der Waals surface area contributed by atoms with Crippen LogP contribution in [0.15, 0.2) is 84.4 Å². The van der Waals surface area contributed by atoms with Gasteiger partial charge >= 0.3 is 6.09 Å². The molecule has 1 aliphatic heterocycles. The van der Waals surface area contributed by atoms with Gasteiger partial charge in [-0.25, -0.2) is 18.6 Å². The Hall–Kier alpha value is -5.57. The first-order valence-corrected chi connectivity index (χ1v) is 18.2. The number of hydrogen-bond acceptors (Lipinski definition) is 6. The lowest BCUT2D eigenvalue weighted by Crippen LogP contribution is -2.45. The van der Waals surface area contributed by atoms with Gasteiger partial charge in [-0.15, -0.1) is 0 Å². The number of benzene rings is 3. The smallest absolute Gasteiger partial charge is 0.410 e. The molecule has 0 aliphatic carbocycles. The number of carbonyl (C=O) groups excluding carboxylic acids is 3. The number of aromatic nitrogens is 2. The molecule has 1 unspecified atom stereocenters. The Balaban J connectivity index is 1.48. The van der Waals surface area contributed by atoms with E-state index in [9.17, 15) is 28.4 Å². The molecule has 284 valence electrons. The number of anilines is 1. The van der Waals surface area contributed by atoms with Gasteiger partial charge in [0.15, 0.2) is 0 Å². The Kier molecular flexibility index (Phi) is 12.5. The van der Waals surface area contributed by atoms with Crippen LogP contribution < -0.4 is 5.32 Å². The highest BCUT2D eigenvalue weighted by Gasteiger charge is 2.33. The monoisotopic (exact) mass is 738 g/mol. The highest BCUT2D eigenvalue weighted by atomic mass is 19.3. The number of alkyl halides is 2. The van der Waals surface area contributed by atoms with Gasteiger partial charge < -0.3 is 19.1 Å². The fourth-order valence-corrected chi connectivity index (χ4v) is 6.48. The molecule has 1 saturated heterocycles. The van der Waals surface area contributed by atoms with Crippen LogP contribution in [0.5, 0.6) is 0 Å². The molecule has 2 atom stereocenters. The number of likely N-dealkylation sites (tertiary alicyclic amines) is 1. The number of fused-ring (bicyclic) bond motifs is 1. The van der Waals surface area contributed by atoms with Crippen molar-refractivity contribution in [2.75, 3.05) is 11.9 Å². The number of nitrogens with one attached hydrogen (secondary N) is 1. The second-order valence-electron chi connectivity index (χ2n) is 15.2. The van der Waals surface area contributed by atoms with Gasteiger partial charge in [-0.1, -0.05) is 89.2 Å². The average molecular weight is 739 g/mol. The van der Waals surface area contributed by atoms with Crippen LogP contribution in [0, 0.1) is 22.7 Å². The molecule has 1 aliphatic rings. The summed E-state index contributed by atoms with van der Waals surface area (Å²) < 4.78 is 34.0. The third-order valence-corrected chi connectivity index (χ3v) is 9.86. The minimum atomic E-state index is -2.66. The second-order valence-corrected chi connectivity index (χ2v) is 15.2. The summed E-state index contributed by atoms with van der Waals surface area (Å²) in [7, 11) is 0. The molecule has 0 radical (unpaired) electrons. The van der Waals surface area contributed by atoms with Gasteiger partial charge in [0.1, 0.15) is 18.2 Å². The number of imidazole rings is 1. The van der Waals surface area contributed by atoms with Crippen molar-refractivity contribution in [3.8, 4) is 6.07 Å². The van der Waals surface area contributed by atoms with E-state index in [0.717, 1.165) is 17.5 Å². The minimum Gasteiger partial charge on any atom is -0.445 e. The summed E-state index contributed by atoms with van der Waals surface area (Å²) in [5.41, 5.74) is 2.71. The van der Waals surface area contributed by atoms with Gasteiger partial charge in [-0.05, 0) is 66.5 Å². The normalized spacial score (nSPS) is 15.4. The largest absolute Gasteiger partial charge is 0.445 e. The third-order valence-electron chi connectivity index (χ3n) is 9.86. The summed E-state index contributed by atoms with van der Waals surface area (Å²) in [4.78, 5) is 48.8. The van der Waals surface area contributed by atoms with E-state index >= 15 is 0 Å². The number of nitrogens with zero attached hydrogens (tertiary/aromatic N) is 5. The first kappa shape index (κ1) is 39.6. The van der Waals surface area contributed by atoms with Gasteiger partial charge in [-0.2, -0.15) is 5.26 Å². The van der Waals surface area contributed by atoms with Crippen molar-refractivity contribution >= 4 is 34.9 Å². The van der Waals surface area contributed by atoms with Gasteiger partial charge in [0, 0.05) is 36.8 Å². The Morgan fingerprint density at radius 1 is 1.04 bits per heavy atom. The number of halogens is 2. The number of ether oxygens (including phenoxy) is 1. The van der Waals surface area contributed by atoms with E-state index in [2.05, 4.69) is 32.2 Å². The summed E-state index contributed by atoms with van der Waals surface area (Å²) >= 11 is 0. The maximum absolute atomic E-state index is 13.6. The molecule has 1 fully saturated rings. The molecule has 0 spiro atoms. The Bertz CT molecular complexity index is 2030. The van der Waals surface area contributed by atoms with Crippen LogP contribution in [-0.2, 0) is 29.2 Å². The summed E-state index contributed by atoms with van der Waals surface area (Å²) in [6.45, 7) is 13.1. The van der Waals surface area contributed by atoms with Crippen LogP contribution >= 0.6 is 0 Å². The lowest BCUT2D eigenvalue weighted by Gasteiger charge is -2.37. The molecule has 1 aromatic heterocycles. The maximum Gasteiger partial charge on any atom is 0.410 e. The predicted octanol–water partition coefficient (Wildman–Crippen LogP) is 8.90. The van der Waals surface area contributed by atoms with Crippen molar-refractivity contribution in [2.24, 2.45) is 11.3 Å². The van der Waals surface area contributed by atoms with Crippen molar-refractivity contribution in [2.45, 2.75) is 92.6 Å². The van der Waals surface area contributed by atoms with E-state index in [1.807, 2.05) is 73.9 Å². The van der Waals surface area contributed by atoms with Crippen molar-refractivity contribution in [3.63, 3.8) is 0 Å². The molecule has 0 bridgehead atoms. The van der Waals surface area contributed by atoms with Crippen molar-refractivity contribution in [3.05, 3.63) is 107 Å². The molecule has 2 heterocycles. The highest BCUT2D eigenvalue weighted by molar-refractivity contribution is 6.04. The Morgan fingerprint density at radius 2 is 1.74 bits per heavy atom. The fraction of sp³-hybridized carbons (Fsp3) is 0.405. The topological polar surface area (TPSA) is 121 Å². The SMILES string of the molecule is CC(C)C=C(C#N)C(=O)N1CCCC1Cn1c(NC(=O)c2ccc(C(F)F)cc2)nc2cc(CN(C(=O)OCc3ccccc3)[C@@H](C)C(C)(C)C)ccc21. The number of allylic oxidation sites excluding steroid dienone is 1. The molecule has 5 rings (SSSR count). The summed E-state index contributed by atoms with van der Waals surface area (Å²) in [5.74, 6) is -0.645. The highest BCUT2D eigenvalue weighted by Crippen LogP contribution is 2.30. The van der Waals surface area contributed by atoms with Crippen molar-refractivity contribution < 1.29 is 27.9 Å². The zero-order valence-corrected chi connectivity index (χ0v) is 31.7. The van der Waals surface area contributed by atoms with E-state index in [1.54, 1.807) is 15.9 Å². The number of carbonyl (C=O) groups is 3. The molecule has 0 saturated carbocycles. The Labute approximate surface area is 315 Å². The molecule has 1 N–H and O–H groups in total. The van der Waals surface area contributed by atoms with E-state index in [1.165, 1.54) is 24.3 Å². The quantitative estimate of drug-likeness (QED) is 0.115. The molecule has 10 nitrogen and oxygen atoms in total. The second kappa shape index (κ2) is 17.1. The lowest BCUT2D eigenvalue weighted by molar-refractivity contribution is -0.127. The van der Waals surface area contributed by atoms with Gasteiger partial charge in [0.05, 0.1) is 17.1 Å². The van der Waals surface area contributed by atoms with Crippen LogP contribution in [0.1, 0.15) is 87.9 Å². The van der Waals surface area contributed by atoms with E-state index in [4.69, 9.17) is 9.72 Å². The number of rotatable bonds is 12. The van der Waals surface area contributed by atoms with E-state index < -0.39 is 18.4 Å². The zero-order chi connectivity index (χ0) is 39.2. The molecule has 3 amide bonds. The molecule has 54 heavy (non-hydrogen) atoms. The van der Waals surface area contributed by atoms with Crippen molar-refractivity contribution in [1.29, 1.82) is 5.26 Å². The first-order chi connectivity index (χ1) is 25.7. The van der Waals surface area contributed by atoms with Crippen LogP contribution in [0.4, 0.5) is 19.5 Å². The van der Waals surface area contributed by atoms with E-state index in [-0.39, 0.29) is 71.7 Å². The van der Waals surface area contributed by atoms with Crippen LogP contribution in [0.3, 0.4) is 0 Å². The fourth-order valence-electron chi connectivity index (χ4n) is 6.48. The van der Waals surface area contributed by atoms with Gasteiger partial charge in [0.25, 0.3) is 18.2 Å². The molecular formula is C42H48F2N6O4. The maximum atomic E-state index is 13.6. The Morgan fingerprint density at radius 3 is 2.37 bits per heavy atom. The number of hydrogen-bond donors (Lipinski definition) is 1. The lowest BCUT2D eigenvalue weighted by atomic mass is 9.87.